The molecule has 0 heterocycles. The highest BCUT2D eigenvalue weighted by Gasteiger charge is 1.94. The van der Waals surface area contributed by atoms with Crippen molar-refractivity contribution in [2.75, 3.05) is 0 Å². The maximum atomic E-state index is 3.78. The highest BCUT2D eigenvalue weighted by Crippen LogP contribution is 2.10. The van der Waals surface area contributed by atoms with E-state index in [0.29, 0.717) is 5.92 Å². The lowest BCUT2D eigenvalue weighted by atomic mass is 10.0. The maximum Gasteiger partial charge on any atom is -0.0265 e. The minimum absolute atomic E-state index is 0.701. The summed E-state index contributed by atoms with van der Waals surface area (Å²) in [7, 11) is 0. The largest absolute Gasteiger partial charge is 0.103 e. The van der Waals surface area contributed by atoms with E-state index in [4.69, 9.17) is 0 Å². The molecule has 0 aromatic carbocycles. The van der Waals surface area contributed by atoms with E-state index in [9.17, 15) is 0 Å². The van der Waals surface area contributed by atoms with Gasteiger partial charge in [-0.2, -0.15) is 0 Å². The third-order valence-corrected chi connectivity index (χ3v) is 2.17. The fourth-order valence-electron chi connectivity index (χ4n) is 1.19. The van der Waals surface area contributed by atoms with Crippen LogP contribution in [0.1, 0.15) is 46.0 Å². The van der Waals surface area contributed by atoms with Gasteiger partial charge in [0, 0.05) is 0 Å². The third kappa shape index (κ3) is 7.59. The Labute approximate surface area is 77.4 Å². The minimum atomic E-state index is 0.701. The van der Waals surface area contributed by atoms with Crippen LogP contribution in [0.4, 0.5) is 0 Å². The van der Waals surface area contributed by atoms with Gasteiger partial charge < -0.3 is 0 Å². The van der Waals surface area contributed by atoms with Gasteiger partial charge in [0.2, 0.25) is 0 Å². The van der Waals surface area contributed by atoms with Crippen LogP contribution in [0.2, 0.25) is 0 Å². The predicted octanol–water partition coefficient (Wildman–Crippen LogP) is 4.34. The van der Waals surface area contributed by atoms with Crippen LogP contribution >= 0.6 is 0 Å². The van der Waals surface area contributed by atoms with Gasteiger partial charge in [0.05, 0.1) is 0 Å². The molecular weight excluding hydrogens is 144 g/mol. The molecular formula is C12H22. The maximum absolute atomic E-state index is 3.78. The van der Waals surface area contributed by atoms with Gasteiger partial charge in [-0.25, -0.2) is 0 Å². The zero-order chi connectivity index (χ0) is 9.23. The van der Waals surface area contributed by atoms with E-state index >= 15 is 0 Å². The number of hydrogen-bond donors (Lipinski definition) is 0. The second-order valence-corrected chi connectivity index (χ2v) is 3.42. The van der Waals surface area contributed by atoms with Crippen LogP contribution in [0.5, 0.6) is 0 Å². The van der Waals surface area contributed by atoms with Crippen molar-refractivity contribution < 1.29 is 0 Å². The first kappa shape index (κ1) is 11.5. The summed E-state index contributed by atoms with van der Waals surface area (Å²) in [6.45, 7) is 8.10. The lowest BCUT2D eigenvalue weighted by Gasteiger charge is -2.03. The quantitative estimate of drug-likeness (QED) is 0.390. The molecule has 0 rings (SSSR count). The topological polar surface area (TPSA) is 0 Å². The summed E-state index contributed by atoms with van der Waals surface area (Å²) >= 11 is 0. The molecule has 1 unspecified atom stereocenters. The Balaban J connectivity index is 3.05. The number of allylic oxidation sites excluding steroid dienone is 3. The monoisotopic (exact) mass is 166 g/mol. The van der Waals surface area contributed by atoms with Gasteiger partial charge in [0.15, 0.2) is 0 Å². The molecule has 0 saturated carbocycles. The molecule has 0 aliphatic rings. The zero-order valence-corrected chi connectivity index (χ0v) is 8.55. The first-order chi connectivity index (χ1) is 5.81. The van der Waals surface area contributed by atoms with Crippen molar-refractivity contribution in [3.8, 4) is 0 Å². The van der Waals surface area contributed by atoms with Crippen LogP contribution in [0, 0.1) is 5.92 Å². The molecule has 0 amide bonds. The number of unbranched alkanes of at least 4 members (excludes halogenated alkanes) is 3. The summed E-state index contributed by atoms with van der Waals surface area (Å²) in [5, 5.41) is 0. The van der Waals surface area contributed by atoms with E-state index in [1.165, 1.54) is 32.1 Å². The average Bonchev–Trinajstić information content (AvgIpc) is 2.10. The molecule has 0 aromatic rings. The third-order valence-electron chi connectivity index (χ3n) is 2.17. The normalized spacial score (nSPS) is 13.5. The van der Waals surface area contributed by atoms with Gasteiger partial charge >= 0.3 is 0 Å². The highest BCUT2D eigenvalue weighted by molar-refractivity contribution is 4.77. The Morgan fingerprint density at radius 1 is 1.25 bits per heavy atom. The molecule has 12 heavy (non-hydrogen) atoms. The average molecular weight is 166 g/mol. The molecule has 0 nitrogen and oxygen atoms in total. The summed E-state index contributed by atoms with van der Waals surface area (Å²) in [5.74, 6) is 0.701. The van der Waals surface area contributed by atoms with E-state index in [1.54, 1.807) is 0 Å². The Morgan fingerprint density at radius 3 is 2.58 bits per heavy atom. The lowest BCUT2D eigenvalue weighted by molar-refractivity contribution is 0.568. The van der Waals surface area contributed by atoms with Gasteiger partial charge in [-0.15, -0.1) is 6.58 Å². The molecule has 0 spiro atoms. The van der Waals surface area contributed by atoms with Gasteiger partial charge in [-0.1, -0.05) is 38.0 Å². The van der Waals surface area contributed by atoms with Crippen LogP contribution in [0.15, 0.2) is 24.8 Å². The van der Waals surface area contributed by atoms with E-state index in [0.717, 1.165) is 0 Å². The fourth-order valence-corrected chi connectivity index (χ4v) is 1.19. The number of rotatable bonds is 7. The Hall–Kier alpha value is -0.520. The molecule has 0 aliphatic heterocycles. The smallest absolute Gasteiger partial charge is 0.0265 e. The van der Waals surface area contributed by atoms with Crippen molar-refractivity contribution in [2.24, 2.45) is 5.92 Å². The van der Waals surface area contributed by atoms with Crippen LogP contribution in [0.3, 0.4) is 0 Å². The molecule has 0 N–H and O–H groups in total. The summed E-state index contributed by atoms with van der Waals surface area (Å²) in [5.41, 5.74) is 0. The van der Waals surface area contributed by atoms with Crippen LogP contribution in [0.25, 0.3) is 0 Å². The standard InChI is InChI=1S/C12H22/c1-4-6-7-8-9-10-11-12(3)5-2/h4-6,12H,2,7-11H2,1,3H3. The van der Waals surface area contributed by atoms with Crippen molar-refractivity contribution in [3.63, 3.8) is 0 Å². The predicted molar refractivity (Wildman–Crippen MR) is 57.3 cm³/mol. The Kier molecular flexibility index (Phi) is 8.20. The first-order valence-corrected chi connectivity index (χ1v) is 5.05. The van der Waals surface area contributed by atoms with E-state index in [1.807, 2.05) is 6.08 Å². The van der Waals surface area contributed by atoms with Gasteiger partial charge in [0.1, 0.15) is 0 Å². The first-order valence-electron chi connectivity index (χ1n) is 5.05. The molecule has 0 heteroatoms. The molecule has 0 fully saturated rings. The molecule has 0 saturated heterocycles. The second kappa shape index (κ2) is 8.58. The van der Waals surface area contributed by atoms with Crippen molar-refractivity contribution in [1.29, 1.82) is 0 Å². The van der Waals surface area contributed by atoms with Crippen LogP contribution < -0.4 is 0 Å². The molecule has 1 atom stereocenters. The van der Waals surface area contributed by atoms with Crippen molar-refractivity contribution >= 4 is 0 Å². The van der Waals surface area contributed by atoms with Gasteiger partial charge in [-0.3, -0.25) is 0 Å². The highest BCUT2D eigenvalue weighted by atomic mass is 14.0. The Bertz CT molecular complexity index is 122. The van der Waals surface area contributed by atoms with Crippen molar-refractivity contribution in [1.82, 2.24) is 0 Å². The second-order valence-electron chi connectivity index (χ2n) is 3.42. The van der Waals surface area contributed by atoms with Gasteiger partial charge in [0.25, 0.3) is 0 Å². The summed E-state index contributed by atoms with van der Waals surface area (Å²) in [4.78, 5) is 0. The minimum Gasteiger partial charge on any atom is -0.103 e. The molecule has 70 valence electrons. The molecule has 0 aromatic heterocycles. The SMILES string of the molecule is C=CC(C)CCCCCC=CC. The summed E-state index contributed by atoms with van der Waals surface area (Å²) in [6, 6.07) is 0. The summed E-state index contributed by atoms with van der Waals surface area (Å²) < 4.78 is 0. The lowest BCUT2D eigenvalue weighted by Crippen LogP contribution is -1.88. The van der Waals surface area contributed by atoms with Crippen molar-refractivity contribution in [3.05, 3.63) is 24.8 Å². The summed E-state index contributed by atoms with van der Waals surface area (Å²) in [6.07, 6.45) is 13.0. The zero-order valence-electron chi connectivity index (χ0n) is 8.55. The van der Waals surface area contributed by atoms with Crippen LogP contribution in [-0.4, -0.2) is 0 Å². The Morgan fingerprint density at radius 2 is 2.00 bits per heavy atom. The van der Waals surface area contributed by atoms with Gasteiger partial charge in [-0.05, 0) is 32.1 Å². The van der Waals surface area contributed by atoms with E-state index < -0.39 is 0 Å². The number of hydrogen-bond acceptors (Lipinski definition) is 0. The molecule has 0 aliphatic carbocycles. The molecule has 0 radical (unpaired) electrons. The van der Waals surface area contributed by atoms with Crippen LogP contribution in [-0.2, 0) is 0 Å². The molecule has 0 bridgehead atoms. The fraction of sp³-hybridized carbons (Fsp3) is 0.667. The van der Waals surface area contributed by atoms with Crippen molar-refractivity contribution in [2.45, 2.75) is 46.0 Å². The van der Waals surface area contributed by atoms with E-state index in [2.05, 4.69) is 32.6 Å². The van der Waals surface area contributed by atoms with E-state index in [-0.39, 0.29) is 0 Å².